The molecule has 0 saturated carbocycles. The number of hydrogen-bond acceptors (Lipinski definition) is 5. The molecule has 0 saturated heterocycles. The van der Waals surface area contributed by atoms with Gasteiger partial charge in [0, 0.05) is 37.5 Å². The molecule has 7 nitrogen and oxygen atoms in total. The SMILES string of the molecule is COc1ccccc1CCC(=O)Nc1ccc(OCCN)c(-c2ccnn2C)c1. The Morgan fingerprint density at radius 2 is 2.00 bits per heavy atom. The molecular formula is C22H26N4O3. The van der Waals surface area contributed by atoms with Crippen molar-refractivity contribution in [2.45, 2.75) is 12.8 Å². The normalized spacial score (nSPS) is 10.6. The first-order chi connectivity index (χ1) is 14.1. The van der Waals surface area contributed by atoms with E-state index < -0.39 is 0 Å². The molecule has 1 aromatic heterocycles. The van der Waals surface area contributed by atoms with Crippen LogP contribution in [0.2, 0.25) is 0 Å². The number of carbonyl (C=O) groups excluding carboxylic acids is 1. The van der Waals surface area contributed by atoms with Crippen molar-refractivity contribution in [3.8, 4) is 22.8 Å². The Labute approximate surface area is 170 Å². The fourth-order valence-corrected chi connectivity index (χ4v) is 3.12. The second-order valence-electron chi connectivity index (χ2n) is 6.55. The van der Waals surface area contributed by atoms with Gasteiger partial charge in [-0.25, -0.2) is 0 Å². The molecule has 0 atom stereocenters. The smallest absolute Gasteiger partial charge is 0.224 e. The molecule has 3 aromatic rings. The highest BCUT2D eigenvalue weighted by atomic mass is 16.5. The van der Waals surface area contributed by atoms with Crippen LogP contribution in [0.4, 0.5) is 5.69 Å². The van der Waals surface area contributed by atoms with Gasteiger partial charge in [0.2, 0.25) is 5.91 Å². The van der Waals surface area contributed by atoms with E-state index in [0.717, 1.165) is 22.6 Å². The Bertz CT molecular complexity index is 968. The van der Waals surface area contributed by atoms with Gasteiger partial charge in [-0.05, 0) is 42.3 Å². The Balaban J connectivity index is 1.73. The Morgan fingerprint density at radius 1 is 1.17 bits per heavy atom. The third kappa shape index (κ3) is 5.14. The van der Waals surface area contributed by atoms with Gasteiger partial charge in [-0.3, -0.25) is 9.48 Å². The lowest BCUT2D eigenvalue weighted by atomic mass is 10.1. The molecule has 7 heteroatoms. The lowest BCUT2D eigenvalue weighted by Crippen LogP contribution is -2.13. The van der Waals surface area contributed by atoms with Gasteiger partial charge < -0.3 is 20.5 Å². The average molecular weight is 394 g/mol. The summed E-state index contributed by atoms with van der Waals surface area (Å²) in [7, 11) is 3.49. The molecule has 29 heavy (non-hydrogen) atoms. The zero-order valence-electron chi connectivity index (χ0n) is 16.7. The van der Waals surface area contributed by atoms with Crippen molar-refractivity contribution in [2.24, 2.45) is 12.8 Å². The number of rotatable bonds is 9. The molecule has 152 valence electrons. The lowest BCUT2D eigenvalue weighted by Gasteiger charge is -2.14. The van der Waals surface area contributed by atoms with Crippen molar-refractivity contribution >= 4 is 11.6 Å². The molecule has 0 radical (unpaired) electrons. The fraction of sp³-hybridized carbons (Fsp3) is 0.273. The summed E-state index contributed by atoms with van der Waals surface area (Å²) in [5.74, 6) is 1.42. The van der Waals surface area contributed by atoms with Crippen molar-refractivity contribution in [1.29, 1.82) is 0 Å². The predicted molar refractivity (Wildman–Crippen MR) is 113 cm³/mol. The largest absolute Gasteiger partial charge is 0.496 e. The van der Waals surface area contributed by atoms with Gasteiger partial charge in [-0.2, -0.15) is 5.10 Å². The number of methoxy groups -OCH3 is 1. The lowest BCUT2D eigenvalue weighted by molar-refractivity contribution is -0.116. The monoisotopic (exact) mass is 394 g/mol. The van der Waals surface area contributed by atoms with Crippen LogP contribution < -0.4 is 20.5 Å². The quantitative estimate of drug-likeness (QED) is 0.582. The molecule has 0 aliphatic rings. The van der Waals surface area contributed by atoms with Crippen LogP contribution >= 0.6 is 0 Å². The van der Waals surface area contributed by atoms with E-state index in [9.17, 15) is 4.79 Å². The maximum absolute atomic E-state index is 12.5. The first-order valence-electron chi connectivity index (χ1n) is 9.49. The summed E-state index contributed by atoms with van der Waals surface area (Å²) in [4.78, 5) is 12.5. The zero-order chi connectivity index (χ0) is 20.6. The molecule has 0 unspecified atom stereocenters. The average Bonchev–Trinajstić information content (AvgIpc) is 3.17. The Morgan fingerprint density at radius 3 is 2.72 bits per heavy atom. The van der Waals surface area contributed by atoms with E-state index >= 15 is 0 Å². The molecule has 1 heterocycles. The summed E-state index contributed by atoms with van der Waals surface area (Å²) in [5.41, 5.74) is 9.01. The molecule has 0 aliphatic heterocycles. The second-order valence-corrected chi connectivity index (χ2v) is 6.55. The number of anilines is 1. The van der Waals surface area contributed by atoms with Crippen LogP contribution in [0.15, 0.2) is 54.7 Å². The first kappa shape index (κ1) is 20.4. The number of hydrogen-bond donors (Lipinski definition) is 2. The molecule has 0 aliphatic carbocycles. The Kier molecular flexibility index (Phi) is 6.86. The van der Waals surface area contributed by atoms with Crippen LogP contribution in [0.3, 0.4) is 0 Å². The van der Waals surface area contributed by atoms with Gasteiger partial charge in [0.1, 0.15) is 18.1 Å². The molecule has 3 N–H and O–H groups in total. The van der Waals surface area contributed by atoms with Crippen LogP contribution in [-0.4, -0.2) is 35.9 Å². The van der Waals surface area contributed by atoms with E-state index in [0.29, 0.717) is 37.4 Å². The molecule has 0 spiro atoms. The molecule has 2 aromatic carbocycles. The molecule has 0 bridgehead atoms. The number of carbonyl (C=O) groups is 1. The molecule has 1 amide bonds. The van der Waals surface area contributed by atoms with Crippen LogP contribution in [0.25, 0.3) is 11.3 Å². The van der Waals surface area contributed by atoms with Gasteiger partial charge in [0.15, 0.2) is 0 Å². The van der Waals surface area contributed by atoms with E-state index in [4.69, 9.17) is 15.2 Å². The van der Waals surface area contributed by atoms with Gasteiger partial charge in [0.25, 0.3) is 0 Å². The van der Waals surface area contributed by atoms with Gasteiger partial charge in [-0.15, -0.1) is 0 Å². The summed E-state index contributed by atoms with van der Waals surface area (Å²) in [6.45, 7) is 0.835. The van der Waals surface area contributed by atoms with Crippen molar-refractivity contribution in [1.82, 2.24) is 9.78 Å². The second kappa shape index (κ2) is 9.75. The van der Waals surface area contributed by atoms with E-state index in [-0.39, 0.29) is 5.91 Å². The zero-order valence-corrected chi connectivity index (χ0v) is 16.7. The van der Waals surface area contributed by atoms with E-state index in [1.807, 2.05) is 55.6 Å². The highest BCUT2D eigenvalue weighted by molar-refractivity contribution is 5.92. The van der Waals surface area contributed by atoms with Crippen molar-refractivity contribution in [2.75, 3.05) is 25.6 Å². The van der Waals surface area contributed by atoms with Gasteiger partial charge >= 0.3 is 0 Å². The van der Waals surface area contributed by atoms with E-state index in [2.05, 4.69) is 10.4 Å². The number of aryl methyl sites for hydroxylation is 2. The van der Waals surface area contributed by atoms with Crippen LogP contribution in [0.5, 0.6) is 11.5 Å². The number of nitrogens with one attached hydrogen (secondary N) is 1. The van der Waals surface area contributed by atoms with Gasteiger partial charge in [-0.1, -0.05) is 18.2 Å². The van der Waals surface area contributed by atoms with Gasteiger partial charge in [0.05, 0.1) is 12.8 Å². The number of nitrogens with zero attached hydrogens (tertiary/aromatic N) is 2. The summed E-state index contributed by atoms with van der Waals surface area (Å²) in [5, 5.41) is 7.19. The number of amides is 1. The minimum Gasteiger partial charge on any atom is -0.496 e. The number of nitrogens with two attached hydrogens (primary N) is 1. The third-order valence-electron chi connectivity index (χ3n) is 4.55. The first-order valence-corrected chi connectivity index (χ1v) is 9.49. The third-order valence-corrected chi connectivity index (χ3v) is 4.55. The minimum absolute atomic E-state index is 0.0671. The van der Waals surface area contributed by atoms with Crippen LogP contribution in [0.1, 0.15) is 12.0 Å². The summed E-state index contributed by atoms with van der Waals surface area (Å²) in [6, 6.07) is 15.2. The maximum atomic E-state index is 12.5. The number of para-hydroxylation sites is 1. The maximum Gasteiger partial charge on any atom is 0.224 e. The van der Waals surface area contributed by atoms with Crippen molar-refractivity contribution in [3.63, 3.8) is 0 Å². The number of ether oxygens (including phenoxy) is 2. The fourth-order valence-electron chi connectivity index (χ4n) is 3.12. The standard InChI is InChI=1S/C22H26N4O3/c1-26-19(11-13-24-26)18-15-17(8-9-21(18)29-14-12-23)25-22(27)10-7-16-5-3-4-6-20(16)28-2/h3-6,8-9,11,13,15H,7,10,12,14,23H2,1-2H3,(H,25,27). The predicted octanol–water partition coefficient (Wildman–Crippen LogP) is 3.00. The number of benzene rings is 2. The summed E-state index contributed by atoms with van der Waals surface area (Å²) < 4.78 is 12.9. The summed E-state index contributed by atoms with van der Waals surface area (Å²) >= 11 is 0. The van der Waals surface area contributed by atoms with Crippen LogP contribution in [0, 0.1) is 0 Å². The van der Waals surface area contributed by atoms with E-state index in [1.165, 1.54) is 0 Å². The van der Waals surface area contributed by atoms with Crippen molar-refractivity contribution < 1.29 is 14.3 Å². The molecule has 3 rings (SSSR count). The minimum atomic E-state index is -0.0671. The molecule has 0 fully saturated rings. The Hall–Kier alpha value is -3.32. The van der Waals surface area contributed by atoms with E-state index in [1.54, 1.807) is 18.0 Å². The molecular weight excluding hydrogens is 368 g/mol. The highest BCUT2D eigenvalue weighted by Gasteiger charge is 2.13. The number of aromatic nitrogens is 2. The van der Waals surface area contributed by atoms with Crippen LogP contribution in [-0.2, 0) is 18.3 Å². The highest BCUT2D eigenvalue weighted by Crippen LogP contribution is 2.32. The summed E-state index contributed by atoms with van der Waals surface area (Å²) in [6.07, 6.45) is 2.68. The van der Waals surface area contributed by atoms with Crippen molar-refractivity contribution in [3.05, 3.63) is 60.3 Å². The topological polar surface area (TPSA) is 91.4 Å².